The topological polar surface area (TPSA) is 0 Å². The highest BCUT2D eigenvalue weighted by molar-refractivity contribution is 5.35. The lowest BCUT2D eigenvalue weighted by Gasteiger charge is -2.12. The molecular formula is C14H24. The van der Waals surface area contributed by atoms with E-state index >= 15 is 0 Å². The molecule has 0 saturated heterocycles. The Kier molecular flexibility index (Phi) is 7.18. The van der Waals surface area contributed by atoms with Crippen molar-refractivity contribution < 1.29 is 0 Å². The van der Waals surface area contributed by atoms with Crippen molar-refractivity contribution in [1.82, 2.24) is 0 Å². The molecule has 0 atom stereocenters. The summed E-state index contributed by atoms with van der Waals surface area (Å²) in [5.41, 5.74) is 4.41. The summed E-state index contributed by atoms with van der Waals surface area (Å²) in [4.78, 5) is 0. The molecule has 0 bridgehead atoms. The van der Waals surface area contributed by atoms with E-state index in [1.807, 2.05) is 6.08 Å². The van der Waals surface area contributed by atoms with E-state index < -0.39 is 0 Å². The summed E-state index contributed by atoms with van der Waals surface area (Å²) < 4.78 is 0. The van der Waals surface area contributed by atoms with Crippen LogP contribution in [-0.2, 0) is 0 Å². The highest BCUT2D eigenvalue weighted by atomic mass is 14.1. The molecule has 0 N–H and O–H groups in total. The average molecular weight is 192 g/mol. The first-order valence-electron chi connectivity index (χ1n) is 5.60. The number of hydrogen-bond acceptors (Lipinski definition) is 0. The van der Waals surface area contributed by atoms with E-state index in [9.17, 15) is 0 Å². The highest BCUT2D eigenvalue weighted by Crippen LogP contribution is 2.23. The molecule has 0 saturated carbocycles. The molecular weight excluding hydrogens is 168 g/mol. The van der Waals surface area contributed by atoms with Crippen LogP contribution in [0.5, 0.6) is 0 Å². The third kappa shape index (κ3) is 4.45. The second kappa shape index (κ2) is 7.61. The Morgan fingerprint density at radius 2 is 1.93 bits per heavy atom. The van der Waals surface area contributed by atoms with Crippen LogP contribution in [0.1, 0.15) is 53.4 Å². The standard InChI is InChI=1S/C14H24/c1-6-9-11-13(8-3)14(10-7-2)12(4)5/h7-8H,2,6,9-11H2,1,3-5H3/b13-8-. The Labute approximate surface area is 89.4 Å². The Morgan fingerprint density at radius 1 is 1.29 bits per heavy atom. The van der Waals surface area contributed by atoms with Gasteiger partial charge in [-0.2, -0.15) is 0 Å². The summed E-state index contributed by atoms with van der Waals surface area (Å²) in [7, 11) is 0. The summed E-state index contributed by atoms with van der Waals surface area (Å²) in [6.07, 6.45) is 9.02. The maximum atomic E-state index is 3.82. The van der Waals surface area contributed by atoms with Crippen LogP contribution >= 0.6 is 0 Å². The SMILES string of the molecule is C=CCC(=C(C)C)/C(=C\C)CCCC. The maximum Gasteiger partial charge on any atom is -0.00982 e. The molecule has 0 unspecified atom stereocenters. The molecule has 0 heteroatoms. The molecule has 80 valence electrons. The first-order valence-corrected chi connectivity index (χ1v) is 5.60. The van der Waals surface area contributed by atoms with E-state index in [-0.39, 0.29) is 0 Å². The minimum atomic E-state index is 1.01. The number of unbranched alkanes of at least 4 members (excludes halogenated alkanes) is 1. The fourth-order valence-electron chi connectivity index (χ4n) is 1.64. The van der Waals surface area contributed by atoms with Crippen molar-refractivity contribution in [2.45, 2.75) is 53.4 Å². The van der Waals surface area contributed by atoms with Gasteiger partial charge in [-0.1, -0.05) is 31.1 Å². The lowest BCUT2D eigenvalue weighted by atomic mass is 9.94. The van der Waals surface area contributed by atoms with E-state index in [4.69, 9.17) is 0 Å². The Balaban J connectivity index is 4.62. The zero-order valence-corrected chi connectivity index (χ0v) is 10.2. The lowest BCUT2D eigenvalue weighted by molar-refractivity contribution is 0.785. The fraction of sp³-hybridized carbons (Fsp3) is 0.571. The Morgan fingerprint density at radius 3 is 2.29 bits per heavy atom. The Hall–Kier alpha value is -0.780. The van der Waals surface area contributed by atoms with Gasteiger partial charge in [0.1, 0.15) is 0 Å². The van der Waals surface area contributed by atoms with E-state index in [2.05, 4.69) is 40.3 Å². The van der Waals surface area contributed by atoms with E-state index in [0.29, 0.717) is 0 Å². The molecule has 0 aliphatic carbocycles. The molecule has 0 aromatic rings. The molecule has 0 heterocycles. The molecule has 0 aromatic carbocycles. The predicted molar refractivity (Wildman–Crippen MR) is 66.5 cm³/mol. The third-order valence-electron chi connectivity index (χ3n) is 2.49. The highest BCUT2D eigenvalue weighted by Gasteiger charge is 2.03. The molecule has 0 aliphatic rings. The van der Waals surface area contributed by atoms with Gasteiger partial charge >= 0.3 is 0 Å². The predicted octanol–water partition coefficient (Wildman–Crippen LogP) is 5.04. The van der Waals surface area contributed by atoms with E-state index in [0.717, 1.165) is 6.42 Å². The second-order valence-electron chi connectivity index (χ2n) is 3.89. The number of rotatable bonds is 6. The van der Waals surface area contributed by atoms with Crippen molar-refractivity contribution in [2.24, 2.45) is 0 Å². The van der Waals surface area contributed by atoms with Gasteiger partial charge in [-0.25, -0.2) is 0 Å². The fourth-order valence-corrected chi connectivity index (χ4v) is 1.64. The monoisotopic (exact) mass is 192 g/mol. The van der Waals surface area contributed by atoms with Crippen LogP contribution in [0.25, 0.3) is 0 Å². The largest absolute Gasteiger partial charge is 0.103 e. The summed E-state index contributed by atoms with van der Waals surface area (Å²) in [6.45, 7) is 12.6. The van der Waals surface area contributed by atoms with Crippen LogP contribution < -0.4 is 0 Å². The van der Waals surface area contributed by atoms with Crippen LogP contribution in [0.2, 0.25) is 0 Å². The third-order valence-corrected chi connectivity index (χ3v) is 2.49. The molecule has 14 heavy (non-hydrogen) atoms. The van der Waals surface area contributed by atoms with Gasteiger partial charge < -0.3 is 0 Å². The summed E-state index contributed by atoms with van der Waals surface area (Å²) in [5.74, 6) is 0. The smallest absolute Gasteiger partial charge is 0.00982 e. The van der Waals surface area contributed by atoms with Crippen LogP contribution in [0.15, 0.2) is 35.5 Å². The van der Waals surface area contributed by atoms with Crippen molar-refractivity contribution in [3.05, 3.63) is 35.5 Å². The van der Waals surface area contributed by atoms with Crippen molar-refractivity contribution in [2.75, 3.05) is 0 Å². The molecule has 0 amide bonds. The van der Waals surface area contributed by atoms with Crippen LogP contribution in [0.3, 0.4) is 0 Å². The van der Waals surface area contributed by atoms with Crippen molar-refractivity contribution in [3.8, 4) is 0 Å². The quantitative estimate of drug-likeness (QED) is 0.409. The molecule has 0 rings (SSSR count). The molecule has 0 fully saturated rings. The van der Waals surface area contributed by atoms with Crippen LogP contribution in [0.4, 0.5) is 0 Å². The minimum Gasteiger partial charge on any atom is -0.103 e. The lowest BCUT2D eigenvalue weighted by Crippen LogP contribution is -1.92. The average Bonchev–Trinajstić information content (AvgIpc) is 2.17. The minimum absolute atomic E-state index is 1.01. The van der Waals surface area contributed by atoms with Crippen LogP contribution in [0, 0.1) is 0 Å². The van der Waals surface area contributed by atoms with Crippen molar-refractivity contribution in [3.63, 3.8) is 0 Å². The maximum absolute atomic E-state index is 3.82. The Bertz CT molecular complexity index is 224. The van der Waals surface area contributed by atoms with Gasteiger partial charge in [-0.3, -0.25) is 0 Å². The van der Waals surface area contributed by atoms with E-state index in [1.165, 1.54) is 36.0 Å². The van der Waals surface area contributed by atoms with Gasteiger partial charge in [0.05, 0.1) is 0 Å². The number of allylic oxidation sites excluding steroid dienone is 5. The van der Waals surface area contributed by atoms with Gasteiger partial charge in [0.15, 0.2) is 0 Å². The molecule has 0 radical (unpaired) electrons. The zero-order valence-electron chi connectivity index (χ0n) is 10.2. The van der Waals surface area contributed by atoms with Gasteiger partial charge in [-0.05, 0) is 51.2 Å². The first-order chi connectivity index (χ1) is 6.67. The molecule has 0 spiro atoms. The summed E-state index contributed by atoms with van der Waals surface area (Å²) in [6, 6.07) is 0. The molecule has 0 aromatic heterocycles. The molecule has 0 aliphatic heterocycles. The van der Waals surface area contributed by atoms with Gasteiger partial charge in [0.2, 0.25) is 0 Å². The van der Waals surface area contributed by atoms with Gasteiger partial charge in [0, 0.05) is 0 Å². The van der Waals surface area contributed by atoms with E-state index in [1.54, 1.807) is 0 Å². The zero-order chi connectivity index (χ0) is 11.0. The van der Waals surface area contributed by atoms with Gasteiger partial charge in [0.25, 0.3) is 0 Å². The van der Waals surface area contributed by atoms with Crippen LogP contribution in [-0.4, -0.2) is 0 Å². The van der Waals surface area contributed by atoms with Crippen molar-refractivity contribution in [1.29, 1.82) is 0 Å². The first kappa shape index (κ1) is 13.2. The summed E-state index contributed by atoms with van der Waals surface area (Å²) in [5, 5.41) is 0. The molecule has 0 nitrogen and oxygen atoms in total. The normalized spacial score (nSPS) is 11.3. The second-order valence-corrected chi connectivity index (χ2v) is 3.89. The van der Waals surface area contributed by atoms with Crippen molar-refractivity contribution >= 4 is 0 Å². The van der Waals surface area contributed by atoms with Gasteiger partial charge in [-0.15, -0.1) is 6.58 Å². The summed E-state index contributed by atoms with van der Waals surface area (Å²) >= 11 is 0. The number of hydrogen-bond donors (Lipinski definition) is 0.